The third kappa shape index (κ3) is 5.59. The lowest BCUT2D eigenvalue weighted by molar-refractivity contribution is -0.125. The van der Waals surface area contributed by atoms with Crippen LogP contribution >= 0.6 is 0 Å². The van der Waals surface area contributed by atoms with Gasteiger partial charge in [-0.2, -0.15) is 5.10 Å². The molecule has 0 spiro atoms. The van der Waals surface area contributed by atoms with Gasteiger partial charge < -0.3 is 21.1 Å². The van der Waals surface area contributed by atoms with Crippen molar-refractivity contribution in [2.45, 2.75) is 46.2 Å². The number of ether oxygens (including phenoxy) is 1. The molecule has 0 aliphatic carbocycles. The van der Waals surface area contributed by atoms with E-state index in [9.17, 15) is 14.0 Å². The number of halogens is 1. The Bertz CT molecular complexity index is 931. The van der Waals surface area contributed by atoms with E-state index >= 15 is 0 Å². The van der Waals surface area contributed by atoms with Crippen LogP contribution in [-0.2, 0) is 16.1 Å². The molecule has 170 valence electrons. The van der Waals surface area contributed by atoms with Crippen LogP contribution in [0.15, 0.2) is 18.2 Å². The highest BCUT2D eigenvalue weighted by Gasteiger charge is 2.34. The lowest BCUT2D eigenvalue weighted by Crippen LogP contribution is -2.54. The maximum atomic E-state index is 14.0. The predicted molar refractivity (Wildman–Crippen MR) is 116 cm³/mol. The first-order valence-corrected chi connectivity index (χ1v) is 10.7. The Morgan fingerprint density at radius 1 is 1.32 bits per heavy atom. The maximum Gasteiger partial charge on any atom is 0.273 e. The van der Waals surface area contributed by atoms with E-state index in [2.05, 4.69) is 15.7 Å². The van der Waals surface area contributed by atoms with Gasteiger partial charge in [-0.3, -0.25) is 14.3 Å². The topological polar surface area (TPSA) is 111 Å². The summed E-state index contributed by atoms with van der Waals surface area (Å²) in [6.45, 7) is 8.21. The van der Waals surface area contributed by atoms with E-state index < -0.39 is 17.4 Å². The molecule has 4 N–H and O–H groups in total. The van der Waals surface area contributed by atoms with Crippen LogP contribution in [0.3, 0.4) is 0 Å². The van der Waals surface area contributed by atoms with Crippen molar-refractivity contribution >= 4 is 22.7 Å². The fraction of sp³-hybridized carbons (Fsp3) is 0.591. The number of amides is 2. The lowest BCUT2D eigenvalue weighted by Gasteiger charge is -2.30. The number of carbonyl (C=O) groups is 2. The molecule has 1 fully saturated rings. The minimum absolute atomic E-state index is 0.183. The Morgan fingerprint density at radius 3 is 2.68 bits per heavy atom. The SMILES string of the molecule is CC(C)(C)C(NC(=O)c1nn(CC2CCOCC2)c2cc(F)ccc12)C(=O)NCCN. The van der Waals surface area contributed by atoms with Gasteiger partial charge in [-0.25, -0.2) is 4.39 Å². The molecule has 1 saturated heterocycles. The summed E-state index contributed by atoms with van der Waals surface area (Å²) in [5, 5.41) is 10.6. The van der Waals surface area contributed by atoms with E-state index in [1.165, 1.54) is 12.1 Å². The van der Waals surface area contributed by atoms with Gasteiger partial charge in [-0.15, -0.1) is 0 Å². The normalized spacial score (nSPS) is 16.3. The summed E-state index contributed by atoms with van der Waals surface area (Å²) in [5.74, 6) is -0.810. The number of carbonyl (C=O) groups excluding carboxylic acids is 2. The van der Waals surface area contributed by atoms with E-state index in [1.54, 1.807) is 10.7 Å². The molecule has 0 bridgehead atoms. The average Bonchev–Trinajstić information content (AvgIpc) is 3.07. The summed E-state index contributed by atoms with van der Waals surface area (Å²) < 4.78 is 21.1. The Hall–Kier alpha value is -2.52. The van der Waals surface area contributed by atoms with E-state index in [-0.39, 0.29) is 17.4 Å². The van der Waals surface area contributed by atoms with Gasteiger partial charge in [0.25, 0.3) is 5.91 Å². The number of rotatable bonds is 7. The van der Waals surface area contributed by atoms with Crippen molar-refractivity contribution in [1.82, 2.24) is 20.4 Å². The van der Waals surface area contributed by atoms with Crippen LogP contribution in [0.4, 0.5) is 4.39 Å². The average molecular weight is 434 g/mol. The van der Waals surface area contributed by atoms with Crippen molar-refractivity contribution in [1.29, 1.82) is 0 Å². The van der Waals surface area contributed by atoms with Gasteiger partial charge in [0.15, 0.2) is 5.69 Å². The molecule has 2 aromatic rings. The molecule has 1 aliphatic heterocycles. The van der Waals surface area contributed by atoms with Gasteiger partial charge in [-0.1, -0.05) is 20.8 Å². The minimum Gasteiger partial charge on any atom is -0.381 e. The molecule has 2 amide bonds. The Labute approximate surface area is 181 Å². The molecule has 3 rings (SSSR count). The van der Waals surface area contributed by atoms with E-state index in [4.69, 9.17) is 10.5 Å². The van der Waals surface area contributed by atoms with Crippen LogP contribution in [0.2, 0.25) is 0 Å². The van der Waals surface area contributed by atoms with Crippen LogP contribution in [0.1, 0.15) is 44.1 Å². The maximum absolute atomic E-state index is 14.0. The van der Waals surface area contributed by atoms with Crippen molar-refractivity contribution in [3.8, 4) is 0 Å². The molecule has 0 saturated carbocycles. The van der Waals surface area contributed by atoms with Gasteiger partial charge in [-0.05, 0) is 42.4 Å². The van der Waals surface area contributed by atoms with Gasteiger partial charge in [0.2, 0.25) is 5.91 Å². The summed E-state index contributed by atoms with van der Waals surface area (Å²) in [5.41, 5.74) is 5.70. The monoisotopic (exact) mass is 433 g/mol. The van der Waals surface area contributed by atoms with Crippen molar-refractivity contribution in [2.75, 3.05) is 26.3 Å². The number of hydrogen-bond acceptors (Lipinski definition) is 5. The largest absolute Gasteiger partial charge is 0.381 e. The molecule has 2 heterocycles. The zero-order valence-electron chi connectivity index (χ0n) is 18.4. The molecule has 1 unspecified atom stereocenters. The van der Waals surface area contributed by atoms with E-state index in [0.29, 0.717) is 49.7 Å². The second-order valence-corrected chi connectivity index (χ2v) is 9.10. The van der Waals surface area contributed by atoms with Crippen molar-refractivity contribution in [2.24, 2.45) is 17.1 Å². The van der Waals surface area contributed by atoms with Crippen LogP contribution in [0, 0.1) is 17.2 Å². The molecular weight excluding hydrogens is 401 g/mol. The van der Waals surface area contributed by atoms with Crippen molar-refractivity contribution in [3.63, 3.8) is 0 Å². The quantitative estimate of drug-likeness (QED) is 0.617. The van der Waals surface area contributed by atoms with Gasteiger partial charge in [0.05, 0.1) is 5.52 Å². The van der Waals surface area contributed by atoms with Gasteiger partial charge in [0, 0.05) is 38.2 Å². The van der Waals surface area contributed by atoms with Crippen LogP contribution in [-0.4, -0.2) is 53.9 Å². The zero-order chi connectivity index (χ0) is 22.6. The number of nitrogens with two attached hydrogens (primary N) is 1. The van der Waals surface area contributed by atoms with Crippen LogP contribution < -0.4 is 16.4 Å². The fourth-order valence-corrected chi connectivity index (χ4v) is 3.80. The third-order valence-electron chi connectivity index (χ3n) is 5.55. The highest BCUT2D eigenvalue weighted by molar-refractivity contribution is 6.06. The molecular formula is C22H32FN5O3. The molecule has 1 aliphatic rings. The number of nitrogens with zero attached hydrogens (tertiary/aromatic N) is 2. The molecule has 1 atom stereocenters. The number of fused-ring (bicyclic) bond motifs is 1. The first kappa shape index (κ1) is 23.1. The summed E-state index contributed by atoms with van der Waals surface area (Å²) in [7, 11) is 0. The Balaban J connectivity index is 1.89. The molecule has 1 aromatic heterocycles. The highest BCUT2D eigenvalue weighted by Crippen LogP contribution is 2.25. The van der Waals surface area contributed by atoms with Crippen LogP contribution in [0.5, 0.6) is 0 Å². The van der Waals surface area contributed by atoms with E-state index in [1.807, 2.05) is 20.8 Å². The standard InChI is InChI=1S/C22H32FN5O3/c1-22(2,3)19(21(30)25-9-8-24)26-20(29)18-16-5-4-15(23)12-17(16)28(27-18)13-14-6-10-31-11-7-14/h4-5,12,14,19H,6-11,13,24H2,1-3H3,(H,25,30)(H,26,29). The fourth-order valence-electron chi connectivity index (χ4n) is 3.80. The number of benzene rings is 1. The predicted octanol–water partition coefficient (Wildman–Crippen LogP) is 1.82. The second-order valence-electron chi connectivity index (χ2n) is 9.10. The first-order valence-electron chi connectivity index (χ1n) is 10.7. The molecule has 8 nitrogen and oxygen atoms in total. The summed E-state index contributed by atoms with van der Waals surface area (Å²) in [4.78, 5) is 25.8. The second kappa shape index (κ2) is 9.74. The minimum atomic E-state index is -0.775. The molecule has 9 heteroatoms. The number of nitrogens with one attached hydrogen (secondary N) is 2. The Morgan fingerprint density at radius 2 is 2.03 bits per heavy atom. The first-order chi connectivity index (χ1) is 14.7. The molecule has 0 radical (unpaired) electrons. The Kier molecular flexibility index (Phi) is 7.27. The molecule has 1 aromatic carbocycles. The lowest BCUT2D eigenvalue weighted by atomic mass is 9.86. The third-order valence-corrected chi connectivity index (χ3v) is 5.55. The van der Waals surface area contributed by atoms with Crippen LogP contribution in [0.25, 0.3) is 10.9 Å². The van der Waals surface area contributed by atoms with E-state index in [0.717, 1.165) is 12.8 Å². The summed E-state index contributed by atoms with van der Waals surface area (Å²) >= 11 is 0. The summed E-state index contributed by atoms with van der Waals surface area (Å²) in [6.07, 6.45) is 1.79. The van der Waals surface area contributed by atoms with Gasteiger partial charge in [0.1, 0.15) is 11.9 Å². The zero-order valence-corrected chi connectivity index (χ0v) is 18.4. The smallest absolute Gasteiger partial charge is 0.273 e. The number of hydrogen-bond donors (Lipinski definition) is 3. The van der Waals surface area contributed by atoms with Gasteiger partial charge >= 0.3 is 0 Å². The summed E-state index contributed by atoms with van der Waals surface area (Å²) in [6, 6.07) is 3.50. The van der Waals surface area contributed by atoms with Crippen molar-refractivity contribution < 1.29 is 18.7 Å². The number of aromatic nitrogens is 2. The molecule has 31 heavy (non-hydrogen) atoms. The highest BCUT2D eigenvalue weighted by atomic mass is 19.1. The van der Waals surface area contributed by atoms with Crippen molar-refractivity contribution in [3.05, 3.63) is 29.7 Å².